The standard InChI is InChI=1S/C21H26FN5O2/c22-18-6-4-16(5-7-18)8-10-25-20(28)15-29-26-21(23)17-9-11-24-19(14-17)27-12-2-1-3-13-27/h4-7,9,11,14H,1-3,8,10,12-13,15H2,(H2,23,26)(H,25,28). The number of halogens is 1. The summed E-state index contributed by atoms with van der Waals surface area (Å²) < 4.78 is 12.9. The molecule has 29 heavy (non-hydrogen) atoms. The number of nitrogens with one attached hydrogen (secondary N) is 1. The van der Waals surface area contributed by atoms with Crippen LogP contribution >= 0.6 is 0 Å². The maximum Gasteiger partial charge on any atom is 0.260 e. The first kappa shape index (κ1) is 20.6. The van der Waals surface area contributed by atoms with E-state index in [0.29, 0.717) is 18.5 Å². The van der Waals surface area contributed by atoms with Gasteiger partial charge in [-0.25, -0.2) is 9.37 Å². The van der Waals surface area contributed by atoms with E-state index < -0.39 is 0 Å². The predicted molar refractivity (Wildman–Crippen MR) is 110 cm³/mol. The number of piperidine rings is 1. The Morgan fingerprint density at radius 3 is 2.72 bits per heavy atom. The Bertz CT molecular complexity index is 835. The number of anilines is 1. The first-order valence-corrected chi connectivity index (χ1v) is 9.80. The van der Waals surface area contributed by atoms with Crippen molar-refractivity contribution in [3.8, 4) is 0 Å². The molecule has 3 N–H and O–H groups in total. The number of hydrogen-bond acceptors (Lipinski definition) is 5. The summed E-state index contributed by atoms with van der Waals surface area (Å²) in [4.78, 5) is 23.6. The van der Waals surface area contributed by atoms with E-state index in [1.165, 1.54) is 18.6 Å². The summed E-state index contributed by atoms with van der Waals surface area (Å²) in [7, 11) is 0. The van der Waals surface area contributed by atoms with E-state index in [0.717, 1.165) is 37.3 Å². The van der Waals surface area contributed by atoms with E-state index in [1.807, 2.05) is 6.07 Å². The summed E-state index contributed by atoms with van der Waals surface area (Å²) in [6.45, 7) is 2.18. The van der Waals surface area contributed by atoms with E-state index in [1.54, 1.807) is 24.4 Å². The van der Waals surface area contributed by atoms with Crippen molar-refractivity contribution in [1.82, 2.24) is 10.3 Å². The van der Waals surface area contributed by atoms with Gasteiger partial charge in [-0.15, -0.1) is 0 Å². The number of benzene rings is 1. The molecule has 0 aliphatic carbocycles. The van der Waals surface area contributed by atoms with Gasteiger partial charge in [-0.1, -0.05) is 17.3 Å². The zero-order valence-corrected chi connectivity index (χ0v) is 16.3. The van der Waals surface area contributed by atoms with Gasteiger partial charge in [-0.3, -0.25) is 4.79 Å². The van der Waals surface area contributed by atoms with Gasteiger partial charge in [0.05, 0.1) is 0 Å². The van der Waals surface area contributed by atoms with E-state index in [9.17, 15) is 9.18 Å². The Morgan fingerprint density at radius 1 is 1.21 bits per heavy atom. The molecule has 0 spiro atoms. The van der Waals surface area contributed by atoms with Crippen LogP contribution in [0.5, 0.6) is 0 Å². The van der Waals surface area contributed by atoms with Crippen molar-refractivity contribution in [3.63, 3.8) is 0 Å². The zero-order chi connectivity index (χ0) is 20.5. The summed E-state index contributed by atoms with van der Waals surface area (Å²) in [6.07, 6.45) is 5.88. The topological polar surface area (TPSA) is 92.8 Å². The molecule has 1 saturated heterocycles. The molecule has 1 aliphatic heterocycles. The van der Waals surface area contributed by atoms with Gasteiger partial charge in [0.2, 0.25) is 0 Å². The summed E-state index contributed by atoms with van der Waals surface area (Å²) >= 11 is 0. The monoisotopic (exact) mass is 399 g/mol. The maximum atomic E-state index is 12.9. The van der Waals surface area contributed by atoms with E-state index >= 15 is 0 Å². The number of aromatic nitrogens is 1. The number of oxime groups is 1. The second kappa shape index (κ2) is 10.4. The molecule has 1 amide bonds. The summed E-state index contributed by atoms with van der Waals surface area (Å²) in [6, 6.07) is 9.82. The SMILES string of the molecule is N/C(=N\OCC(=O)NCCc1ccc(F)cc1)c1ccnc(N2CCCCC2)c1. The molecule has 1 aromatic heterocycles. The molecule has 0 saturated carbocycles. The molecule has 8 heteroatoms. The molecular weight excluding hydrogens is 373 g/mol. The van der Waals surface area contributed by atoms with Crippen molar-refractivity contribution in [3.05, 3.63) is 59.5 Å². The Labute approximate surface area is 169 Å². The van der Waals surface area contributed by atoms with Gasteiger partial charge in [0.1, 0.15) is 11.6 Å². The van der Waals surface area contributed by atoms with Crippen molar-refractivity contribution in [2.75, 3.05) is 31.1 Å². The van der Waals surface area contributed by atoms with Gasteiger partial charge in [0.15, 0.2) is 12.4 Å². The number of carbonyl (C=O) groups excluding carboxylic acids is 1. The lowest BCUT2D eigenvalue weighted by Crippen LogP contribution is -2.30. The van der Waals surface area contributed by atoms with Crippen LogP contribution < -0.4 is 16.0 Å². The van der Waals surface area contributed by atoms with Crippen LogP contribution in [0.2, 0.25) is 0 Å². The van der Waals surface area contributed by atoms with Gasteiger partial charge in [0.25, 0.3) is 5.91 Å². The molecule has 154 valence electrons. The third-order valence-corrected chi connectivity index (χ3v) is 4.73. The van der Waals surface area contributed by atoms with Crippen LogP contribution in [0.3, 0.4) is 0 Å². The molecule has 0 radical (unpaired) electrons. The molecule has 0 atom stereocenters. The van der Waals surface area contributed by atoms with Crippen LogP contribution in [0.25, 0.3) is 0 Å². The minimum Gasteiger partial charge on any atom is -0.384 e. The van der Waals surface area contributed by atoms with Gasteiger partial charge in [-0.05, 0) is 55.5 Å². The van der Waals surface area contributed by atoms with E-state index in [2.05, 4.69) is 20.4 Å². The van der Waals surface area contributed by atoms with Crippen LogP contribution in [-0.4, -0.2) is 43.0 Å². The quantitative estimate of drug-likeness (QED) is 0.403. The normalized spacial score (nSPS) is 14.5. The lowest BCUT2D eigenvalue weighted by molar-refractivity contribution is -0.125. The highest BCUT2D eigenvalue weighted by molar-refractivity contribution is 5.97. The third kappa shape index (κ3) is 6.44. The number of amides is 1. The number of amidine groups is 1. The van der Waals surface area contributed by atoms with E-state index in [-0.39, 0.29) is 24.2 Å². The maximum absolute atomic E-state index is 12.9. The Kier molecular flexibility index (Phi) is 7.38. The molecule has 1 fully saturated rings. The summed E-state index contributed by atoms with van der Waals surface area (Å²) in [5.74, 6) is 0.495. The van der Waals surface area contributed by atoms with Crippen molar-refractivity contribution >= 4 is 17.6 Å². The van der Waals surface area contributed by atoms with Crippen LogP contribution in [0.15, 0.2) is 47.8 Å². The van der Waals surface area contributed by atoms with Crippen LogP contribution in [0.1, 0.15) is 30.4 Å². The Morgan fingerprint density at radius 2 is 1.97 bits per heavy atom. The largest absolute Gasteiger partial charge is 0.384 e. The minimum absolute atomic E-state index is 0.199. The van der Waals surface area contributed by atoms with Gasteiger partial charge >= 0.3 is 0 Å². The molecular formula is C21H26FN5O2. The van der Waals surface area contributed by atoms with Gasteiger partial charge < -0.3 is 20.8 Å². The molecule has 0 unspecified atom stereocenters. The van der Waals surface area contributed by atoms with Crippen molar-refractivity contribution in [2.24, 2.45) is 10.9 Å². The number of nitrogens with two attached hydrogens (primary N) is 1. The fourth-order valence-corrected chi connectivity index (χ4v) is 3.14. The molecule has 2 heterocycles. The first-order chi connectivity index (χ1) is 14.1. The molecule has 2 aromatic rings. The van der Waals surface area contributed by atoms with Gasteiger partial charge in [-0.2, -0.15) is 0 Å². The minimum atomic E-state index is -0.299. The van der Waals surface area contributed by atoms with Crippen molar-refractivity contribution in [1.29, 1.82) is 0 Å². The Hall–Kier alpha value is -3.16. The lowest BCUT2D eigenvalue weighted by atomic mass is 10.1. The average Bonchev–Trinajstić information content (AvgIpc) is 2.76. The van der Waals surface area contributed by atoms with Crippen molar-refractivity contribution < 1.29 is 14.0 Å². The highest BCUT2D eigenvalue weighted by Crippen LogP contribution is 2.18. The zero-order valence-electron chi connectivity index (χ0n) is 16.3. The Balaban J connectivity index is 1.43. The summed E-state index contributed by atoms with van der Waals surface area (Å²) in [5.41, 5.74) is 7.63. The smallest absolute Gasteiger partial charge is 0.260 e. The molecule has 7 nitrogen and oxygen atoms in total. The lowest BCUT2D eigenvalue weighted by Gasteiger charge is -2.27. The highest BCUT2D eigenvalue weighted by Gasteiger charge is 2.13. The molecule has 3 rings (SSSR count). The average molecular weight is 399 g/mol. The van der Waals surface area contributed by atoms with Crippen LogP contribution in [-0.2, 0) is 16.1 Å². The second-order valence-electron chi connectivity index (χ2n) is 6.93. The summed E-state index contributed by atoms with van der Waals surface area (Å²) in [5, 5.41) is 6.57. The fourth-order valence-electron chi connectivity index (χ4n) is 3.14. The molecule has 0 bridgehead atoms. The number of nitrogens with zero attached hydrogens (tertiary/aromatic N) is 3. The van der Waals surface area contributed by atoms with E-state index in [4.69, 9.17) is 10.6 Å². The number of rotatable bonds is 8. The predicted octanol–water partition coefficient (Wildman–Crippen LogP) is 2.21. The number of pyridine rings is 1. The number of hydrogen-bond donors (Lipinski definition) is 2. The third-order valence-electron chi connectivity index (χ3n) is 4.73. The second-order valence-corrected chi connectivity index (χ2v) is 6.93. The highest BCUT2D eigenvalue weighted by atomic mass is 19.1. The first-order valence-electron chi connectivity index (χ1n) is 9.80. The molecule has 1 aromatic carbocycles. The molecule has 1 aliphatic rings. The van der Waals surface area contributed by atoms with Gasteiger partial charge in [0, 0.05) is 31.4 Å². The van der Waals surface area contributed by atoms with Crippen LogP contribution in [0, 0.1) is 5.82 Å². The van der Waals surface area contributed by atoms with Crippen LogP contribution in [0.4, 0.5) is 10.2 Å². The number of carbonyl (C=O) groups is 1. The van der Waals surface area contributed by atoms with Crippen molar-refractivity contribution in [2.45, 2.75) is 25.7 Å². The fraction of sp³-hybridized carbons (Fsp3) is 0.381.